The molecule has 1 heterocycles. The Kier molecular flexibility index (Phi) is 4.27. The van der Waals surface area contributed by atoms with Crippen LogP contribution in [-0.4, -0.2) is 41.8 Å². The van der Waals surface area contributed by atoms with Gasteiger partial charge in [0.15, 0.2) is 17.8 Å². The topological polar surface area (TPSA) is 102 Å². The zero-order chi connectivity index (χ0) is 15.6. The lowest BCUT2D eigenvalue weighted by Gasteiger charge is -2.15. The largest absolute Gasteiger partial charge is 0.492 e. The molecule has 0 atom stereocenters. The van der Waals surface area contributed by atoms with Crippen molar-refractivity contribution in [1.29, 1.82) is 0 Å². The molecule has 0 spiro atoms. The minimum Gasteiger partial charge on any atom is -0.492 e. The van der Waals surface area contributed by atoms with Crippen molar-refractivity contribution in [2.75, 3.05) is 14.2 Å². The second-order valence-corrected chi connectivity index (χ2v) is 4.83. The highest BCUT2D eigenvalue weighted by Crippen LogP contribution is 2.44. The Hall–Kier alpha value is -2.35. The van der Waals surface area contributed by atoms with Gasteiger partial charge in [-0.15, -0.1) is 0 Å². The zero-order valence-electron chi connectivity index (χ0n) is 11.1. The standard InChI is InChI=1S/C13H11BrN2O5/c1-20-11-6(5-17)3-7(14)10(12(11)21-2)8-4-9(13(18)19)16-15-8/h3-5H,1-2H3,(H,15,16)(H,18,19). The Balaban J connectivity index is 2.72. The number of methoxy groups -OCH3 is 2. The van der Waals surface area contributed by atoms with Gasteiger partial charge in [-0.25, -0.2) is 4.79 Å². The Morgan fingerprint density at radius 1 is 1.33 bits per heavy atom. The molecule has 0 amide bonds. The van der Waals surface area contributed by atoms with E-state index in [-0.39, 0.29) is 17.2 Å². The normalized spacial score (nSPS) is 10.2. The highest BCUT2D eigenvalue weighted by atomic mass is 79.9. The molecule has 0 fully saturated rings. The molecule has 7 nitrogen and oxygen atoms in total. The number of H-pyrrole nitrogens is 1. The number of ether oxygens (including phenoxy) is 2. The summed E-state index contributed by atoms with van der Waals surface area (Å²) < 4.78 is 11.0. The number of carbonyl (C=O) groups is 2. The van der Waals surface area contributed by atoms with Crippen molar-refractivity contribution >= 4 is 28.2 Å². The number of rotatable bonds is 5. The molecule has 2 rings (SSSR count). The van der Waals surface area contributed by atoms with E-state index >= 15 is 0 Å². The van der Waals surface area contributed by atoms with Crippen LogP contribution in [0.1, 0.15) is 20.8 Å². The van der Waals surface area contributed by atoms with Gasteiger partial charge in [0, 0.05) is 4.47 Å². The number of halogens is 1. The van der Waals surface area contributed by atoms with Crippen molar-refractivity contribution in [3.63, 3.8) is 0 Å². The number of carboxylic acids is 1. The van der Waals surface area contributed by atoms with E-state index in [1.54, 1.807) is 6.07 Å². The number of hydrogen-bond donors (Lipinski definition) is 2. The van der Waals surface area contributed by atoms with Crippen molar-refractivity contribution < 1.29 is 24.2 Å². The van der Waals surface area contributed by atoms with Crippen LogP contribution in [0.5, 0.6) is 11.5 Å². The molecule has 0 aliphatic heterocycles. The number of aldehydes is 1. The van der Waals surface area contributed by atoms with Gasteiger partial charge in [0.25, 0.3) is 0 Å². The van der Waals surface area contributed by atoms with Crippen LogP contribution in [0.4, 0.5) is 0 Å². The quantitative estimate of drug-likeness (QED) is 0.799. The SMILES string of the molecule is COc1c(C=O)cc(Br)c(-c2cc(C(=O)O)[nH]n2)c1OC. The fourth-order valence-electron chi connectivity index (χ4n) is 1.92. The van der Waals surface area contributed by atoms with Gasteiger partial charge in [-0.2, -0.15) is 5.10 Å². The summed E-state index contributed by atoms with van der Waals surface area (Å²) >= 11 is 3.33. The predicted octanol–water partition coefficient (Wildman–Crippen LogP) is 2.37. The minimum absolute atomic E-state index is 0.0580. The van der Waals surface area contributed by atoms with Gasteiger partial charge >= 0.3 is 5.97 Å². The monoisotopic (exact) mass is 354 g/mol. The summed E-state index contributed by atoms with van der Waals surface area (Å²) in [5.74, 6) is -0.580. The fraction of sp³-hybridized carbons (Fsp3) is 0.154. The number of carboxylic acid groups (broad SMARTS) is 1. The average Bonchev–Trinajstić information content (AvgIpc) is 2.95. The first-order chi connectivity index (χ1) is 10.0. The number of carbonyl (C=O) groups excluding carboxylic acids is 1. The third-order valence-electron chi connectivity index (χ3n) is 2.82. The summed E-state index contributed by atoms with van der Waals surface area (Å²) in [6, 6.07) is 2.92. The second-order valence-electron chi connectivity index (χ2n) is 3.98. The highest BCUT2D eigenvalue weighted by Gasteiger charge is 2.22. The number of nitrogens with one attached hydrogen (secondary N) is 1. The molecule has 2 aromatic rings. The summed E-state index contributed by atoms with van der Waals surface area (Å²) in [7, 11) is 2.84. The van der Waals surface area contributed by atoms with Crippen molar-refractivity contribution in [3.8, 4) is 22.8 Å². The van der Waals surface area contributed by atoms with Crippen molar-refractivity contribution in [1.82, 2.24) is 10.2 Å². The summed E-state index contributed by atoms with van der Waals surface area (Å²) in [4.78, 5) is 22.0. The van der Waals surface area contributed by atoms with Crippen LogP contribution in [0.2, 0.25) is 0 Å². The number of aromatic carboxylic acids is 1. The van der Waals surface area contributed by atoms with Crippen LogP contribution in [0.3, 0.4) is 0 Å². The molecule has 0 saturated carbocycles. The van der Waals surface area contributed by atoms with Gasteiger partial charge < -0.3 is 14.6 Å². The molecular weight excluding hydrogens is 344 g/mol. The molecule has 110 valence electrons. The molecule has 21 heavy (non-hydrogen) atoms. The maximum atomic E-state index is 11.1. The Bertz CT molecular complexity index is 711. The van der Waals surface area contributed by atoms with E-state index in [1.165, 1.54) is 20.3 Å². The minimum atomic E-state index is -1.12. The number of benzene rings is 1. The van der Waals surface area contributed by atoms with Crippen molar-refractivity contribution in [2.24, 2.45) is 0 Å². The molecule has 0 unspecified atom stereocenters. The Morgan fingerprint density at radius 2 is 2.00 bits per heavy atom. The third-order valence-corrected chi connectivity index (χ3v) is 3.44. The Morgan fingerprint density at radius 3 is 2.48 bits per heavy atom. The molecule has 1 aromatic carbocycles. The molecule has 1 aromatic heterocycles. The van der Waals surface area contributed by atoms with E-state index in [0.717, 1.165) is 0 Å². The summed E-state index contributed by atoms with van der Waals surface area (Å²) in [5.41, 5.74) is 1.09. The molecule has 0 aliphatic carbocycles. The predicted molar refractivity (Wildman–Crippen MR) is 77.2 cm³/mol. The molecule has 0 aliphatic rings. The molecule has 0 radical (unpaired) electrons. The first kappa shape index (κ1) is 15.0. The van der Waals surface area contributed by atoms with E-state index in [0.29, 0.717) is 27.6 Å². The number of hydrogen-bond acceptors (Lipinski definition) is 5. The average molecular weight is 355 g/mol. The van der Waals surface area contributed by atoms with E-state index in [1.807, 2.05) is 0 Å². The molecule has 0 bridgehead atoms. The zero-order valence-corrected chi connectivity index (χ0v) is 12.7. The molecule has 2 N–H and O–H groups in total. The van der Waals surface area contributed by atoms with Crippen LogP contribution in [0, 0.1) is 0 Å². The second kappa shape index (κ2) is 5.96. The first-order valence-corrected chi connectivity index (χ1v) is 6.51. The van der Waals surface area contributed by atoms with Crippen molar-refractivity contribution in [2.45, 2.75) is 0 Å². The van der Waals surface area contributed by atoms with Crippen LogP contribution in [-0.2, 0) is 0 Å². The van der Waals surface area contributed by atoms with Crippen LogP contribution in [0.25, 0.3) is 11.3 Å². The fourth-order valence-corrected chi connectivity index (χ4v) is 2.55. The van der Waals surface area contributed by atoms with Gasteiger partial charge in [0.05, 0.1) is 31.0 Å². The Labute approximate surface area is 128 Å². The molecule has 8 heteroatoms. The van der Waals surface area contributed by atoms with Gasteiger partial charge in [-0.05, 0) is 28.1 Å². The van der Waals surface area contributed by atoms with Crippen LogP contribution >= 0.6 is 15.9 Å². The lowest BCUT2D eigenvalue weighted by Crippen LogP contribution is -1.99. The third kappa shape index (κ3) is 2.62. The van der Waals surface area contributed by atoms with Gasteiger partial charge in [0.2, 0.25) is 0 Å². The number of aromatic amines is 1. The smallest absolute Gasteiger partial charge is 0.353 e. The lowest BCUT2D eigenvalue weighted by atomic mass is 10.1. The van der Waals surface area contributed by atoms with E-state index in [2.05, 4.69) is 26.1 Å². The van der Waals surface area contributed by atoms with Crippen molar-refractivity contribution in [3.05, 3.63) is 27.9 Å². The summed E-state index contributed by atoms with van der Waals surface area (Å²) in [6.07, 6.45) is 0.642. The maximum absolute atomic E-state index is 11.1. The lowest BCUT2D eigenvalue weighted by molar-refractivity contribution is 0.0690. The maximum Gasteiger partial charge on any atom is 0.353 e. The van der Waals surface area contributed by atoms with Gasteiger partial charge in [-0.3, -0.25) is 9.89 Å². The van der Waals surface area contributed by atoms with E-state index < -0.39 is 5.97 Å². The van der Waals surface area contributed by atoms with Gasteiger partial charge in [0.1, 0.15) is 5.69 Å². The highest BCUT2D eigenvalue weighted by molar-refractivity contribution is 9.10. The number of aromatic nitrogens is 2. The molecule has 0 saturated heterocycles. The number of nitrogens with zero attached hydrogens (tertiary/aromatic N) is 1. The summed E-state index contributed by atoms with van der Waals surface area (Å²) in [6.45, 7) is 0. The molecular formula is C13H11BrN2O5. The van der Waals surface area contributed by atoms with Crippen LogP contribution < -0.4 is 9.47 Å². The van der Waals surface area contributed by atoms with E-state index in [4.69, 9.17) is 14.6 Å². The first-order valence-electron chi connectivity index (χ1n) is 5.72. The van der Waals surface area contributed by atoms with Gasteiger partial charge in [-0.1, -0.05) is 0 Å². The van der Waals surface area contributed by atoms with E-state index in [9.17, 15) is 9.59 Å². The summed E-state index contributed by atoms with van der Waals surface area (Å²) in [5, 5.41) is 15.3. The van der Waals surface area contributed by atoms with Crippen LogP contribution in [0.15, 0.2) is 16.6 Å².